The van der Waals surface area contributed by atoms with E-state index in [2.05, 4.69) is 22.8 Å². The van der Waals surface area contributed by atoms with Crippen molar-refractivity contribution in [3.05, 3.63) is 31.9 Å². The SMILES string of the molecule is CCCn1c(N2CCN(CC)CC2)c(/C=C2/SC(=S)N(CCC(=O)O)C2=O)c(C)c(C#N)c1=O. The highest BCUT2D eigenvalue weighted by Crippen LogP contribution is 2.36. The molecular weight excluding hydrogens is 474 g/mol. The quantitative estimate of drug-likeness (QED) is 0.422. The average Bonchev–Trinajstić information content (AvgIpc) is 3.08. The standard InChI is InChI=1S/C23H29N5O4S2/c1-4-7-27-20(26-11-9-25(5-2)10-12-26)16(15(3)17(14-24)21(27)31)13-18-22(32)28(23(33)34-18)8-6-19(29)30/h13H,4-12H2,1-3H3,(H,29,30)/b18-13+. The lowest BCUT2D eigenvalue weighted by Crippen LogP contribution is -2.48. The number of nitrogens with zero attached hydrogens (tertiary/aromatic N) is 5. The Morgan fingerprint density at radius 2 is 1.88 bits per heavy atom. The minimum absolute atomic E-state index is 0.000927. The molecule has 1 amide bonds. The first kappa shape index (κ1) is 25.9. The van der Waals surface area contributed by atoms with Gasteiger partial charge in [-0.1, -0.05) is 37.8 Å². The molecule has 0 aromatic carbocycles. The van der Waals surface area contributed by atoms with E-state index >= 15 is 0 Å². The van der Waals surface area contributed by atoms with Crippen molar-refractivity contribution in [2.24, 2.45) is 0 Å². The maximum absolute atomic E-state index is 13.2. The fourth-order valence-corrected chi connectivity index (χ4v) is 5.51. The number of carboxylic acids is 1. The number of carboxylic acid groups (broad SMARTS) is 1. The lowest BCUT2D eigenvalue weighted by atomic mass is 10.0. The number of thioether (sulfide) groups is 1. The van der Waals surface area contributed by atoms with Gasteiger partial charge in [-0.2, -0.15) is 5.26 Å². The Kier molecular flexibility index (Phi) is 8.52. The normalized spacial score (nSPS) is 18.1. The molecule has 1 N–H and O–H groups in total. The highest BCUT2D eigenvalue weighted by atomic mass is 32.2. The van der Waals surface area contributed by atoms with Crippen molar-refractivity contribution in [2.75, 3.05) is 44.2 Å². The predicted octanol–water partition coefficient (Wildman–Crippen LogP) is 2.26. The summed E-state index contributed by atoms with van der Waals surface area (Å²) in [6.07, 6.45) is 2.22. The van der Waals surface area contributed by atoms with Gasteiger partial charge in [0, 0.05) is 44.8 Å². The van der Waals surface area contributed by atoms with Crippen LogP contribution in [0.5, 0.6) is 0 Å². The highest BCUT2D eigenvalue weighted by molar-refractivity contribution is 8.26. The van der Waals surface area contributed by atoms with E-state index in [9.17, 15) is 19.6 Å². The van der Waals surface area contributed by atoms with Crippen LogP contribution in [0, 0.1) is 18.3 Å². The van der Waals surface area contributed by atoms with Crippen LogP contribution in [0.2, 0.25) is 0 Å². The molecule has 11 heteroatoms. The summed E-state index contributed by atoms with van der Waals surface area (Å²) in [6, 6.07) is 2.05. The summed E-state index contributed by atoms with van der Waals surface area (Å²) in [5.74, 6) is -0.647. The van der Waals surface area contributed by atoms with Crippen molar-refractivity contribution in [3.63, 3.8) is 0 Å². The summed E-state index contributed by atoms with van der Waals surface area (Å²) in [5.41, 5.74) is 0.940. The molecule has 1 aromatic rings. The first-order valence-corrected chi connectivity index (χ1v) is 12.6. The van der Waals surface area contributed by atoms with Crippen LogP contribution >= 0.6 is 24.0 Å². The number of aromatic nitrogens is 1. The van der Waals surface area contributed by atoms with Crippen molar-refractivity contribution < 1.29 is 14.7 Å². The topological polar surface area (TPSA) is 110 Å². The number of carbonyl (C=O) groups is 2. The Labute approximate surface area is 208 Å². The molecule has 182 valence electrons. The van der Waals surface area contributed by atoms with E-state index < -0.39 is 5.97 Å². The number of piperazine rings is 1. The summed E-state index contributed by atoms with van der Waals surface area (Å²) in [5, 5.41) is 18.7. The second kappa shape index (κ2) is 11.2. The third-order valence-corrected chi connectivity index (χ3v) is 7.49. The Morgan fingerprint density at radius 3 is 2.44 bits per heavy atom. The van der Waals surface area contributed by atoms with E-state index in [1.165, 1.54) is 4.90 Å². The van der Waals surface area contributed by atoms with Crippen molar-refractivity contribution in [2.45, 2.75) is 40.2 Å². The number of anilines is 1. The smallest absolute Gasteiger partial charge is 0.305 e. The van der Waals surface area contributed by atoms with Gasteiger partial charge in [0.25, 0.3) is 11.5 Å². The minimum atomic E-state index is -1.01. The summed E-state index contributed by atoms with van der Waals surface area (Å²) in [7, 11) is 0. The summed E-state index contributed by atoms with van der Waals surface area (Å²) in [4.78, 5) is 43.4. The maximum Gasteiger partial charge on any atom is 0.305 e. The molecule has 0 unspecified atom stereocenters. The third kappa shape index (κ3) is 5.19. The molecule has 0 aliphatic carbocycles. The molecule has 2 aliphatic heterocycles. The van der Waals surface area contributed by atoms with E-state index in [1.54, 1.807) is 17.6 Å². The van der Waals surface area contributed by atoms with Gasteiger partial charge < -0.3 is 14.9 Å². The van der Waals surface area contributed by atoms with E-state index in [0.29, 0.717) is 33.3 Å². The predicted molar refractivity (Wildman–Crippen MR) is 137 cm³/mol. The zero-order valence-electron chi connectivity index (χ0n) is 19.7. The lowest BCUT2D eigenvalue weighted by molar-refractivity contribution is -0.137. The number of nitriles is 1. The van der Waals surface area contributed by atoms with Gasteiger partial charge in [0.1, 0.15) is 21.8 Å². The van der Waals surface area contributed by atoms with E-state index in [4.69, 9.17) is 17.3 Å². The van der Waals surface area contributed by atoms with Crippen LogP contribution in [0.15, 0.2) is 9.70 Å². The second-order valence-electron chi connectivity index (χ2n) is 8.20. The van der Waals surface area contributed by atoms with Gasteiger partial charge in [-0.05, 0) is 31.5 Å². The van der Waals surface area contributed by atoms with Crippen LogP contribution in [0.3, 0.4) is 0 Å². The summed E-state index contributed by atoms with van der Waals surface area (Å²) >= 11 is 6.44. The summed E-state index contributed by atoms with van der Waals surface area (Å²) in [6.45, 7) is 10.4. The number of likely N-dealkylation sites (N-methyl/N-ethyl adjacent to an activating group) is 1. The Bertz CT molecular complexity index is 1130. The number of hydrogen-bond donors (Lipinski definition) is 1. The molecule has 3 heterocycles. The molecular formula is C23H29N5O4S2. The van der Waals surface area contributed by atoms with Gasteiger partial charge in [0.15, 0.2) is 0 Å². The number of thiocarbonyl (C=S) groups is 1. The van der Waals surface area contributed by atoms with Gasteiger partial charge >= 0.3 is 5.97 Å². The monoisotopic (exact) mass is 503 g/mol. The largest absolute Gasteiger partial charge is 0.481 e. The fraction of sp³-hybridized carbons (Fsp3) is 0.522. The van der Waals surface area contributed by atoms with Crippen LogP contribution in [0.4, 0.5) is 5.82 Å². The van der Waals surface area contributed by atoms with Crippen molar-refractivity contribution in [1.82, 2.24) is 14.4 Å². The Morgan fingerprint density at radius 1 is 1.21 bits per heavy atom. The average molecular weight is 504 g/mol. The molecule has 34 heavy (non-hydrogen) atoms. The molecule has 9 nitrogen and oxygen atoms in total. The Balaban J connectivity index is 2.14. The Hall–Kier alpha value is -2.68. The maximum atomic E-state index is 13.2. The first-order chi connectivity index (χ1) is 16.2. The molecule has 2 fully saturated rings. The summed E-state index contributed by atoms with van der Waals surface area (Å²) < 4.78 is 1.96. The van der Waals surface area contributed by atoms with E-state index in [-0.39, 0.29) is 30.0 Å². The van der Waals surface area contributed by atoms with Crippen molar-refractivity contribution >= 4 is 52.1 Å². The molecule has 2 aliphatic rings. The number of aliphatic carboxylic acids is 1. The van der Waals surface area contributed by atoms with Crippen molar-refractivity contribution in [3.8, 4) is 6.07 Å². The van der Waals surface area contributed by atoms with Crippen LogP contribution in [0.1, 0.15) is 43.4 Å². The third-order valence-electron chi connectivity index (χ3n) is 6.11. The zero-order valence-corrected chi connectivity index (χ0v) is 21.3. The number of hydrogen-bond acceptors (Lipinski definition) is 8. The molecule has 0 bridgehead atoms. The number of carbonyl (C=O) groups excluding carboxylic acids is 1. The molecule has 0 saturated carbocycles. The highest BCUT2D eigenvalue weighted by Gasteiger charge is 2.33. The first-order valence-electron chi connectivity index (χ1n) is 11.3. The number of pyridine rings is 1. The molecule has 3 rings (SSSR count). The molecule has 2 saturated heterocycles. The van der Waals surface area contributed by atoms with Gasteiger partial charge in [0.05, 0.1) is 11.3 Å². The van der Waals surface area contributed by atoms with Crippen LogP contribution in [-0.4, -0.2) is 74.9 Å². The number of rotatable bonds is 8. The van der Waals surface area contributed by atoms with Crippen molar-refractivity contribution in [1.29, 1.82) is 5.26 Å². The molecule has 0 spiro atoms. The van der Waals surface area contributed by atoms with Gasteiger partial charge in [-0.15, -0.1) is 0 Å². The fourth-order valence-electron chi connectivity index (χ4n) is 4.22. The van der Waals surface area contributed by atoms with E-state index in [1.807, 2.05) is 6.92 Å². The van der Waals surface area contributed by atoms with Crippen LogP contribution in [-0.2, 0) is 16.1 Å². The van der Waals surface area contributed by atoms with E-state index in [0.717, 1.165) is 50.3 Å². The second-order valence-corrected chi connectivity index (χ2v) is 9.88. The van der Waals surface area contributed by atoms with Crippen LogP contribution in [0.25, 0.3) is 6.08 Å². The molecule has 0 atom stereocenters. The minimum Gasteiger partial charge on any atom is -0.481 e. The van der Waals surface area contributed by atoms with Gasteiger partial charge in [-0.25, -0.2) is 0 Å². The molecule has 1 aromatic heterocycles. The van der Waals surface area contributed by atoms with Gasteiger partial charge in [0.2, 0.25) is 0 Å². The zero-order chi connectivity index (χ0) is 25.0. The lowest BCUT2D eigenvalue weighted by Gasteiger charge is -2.37. The number of amides is 1. The molecule has 0 radical (unpaired) electrons. The van der Waals surface area contributed by atoms with Crippen LogP contribution < -0.4 is 10.5 Å². The van der Waals surface area contributed by atoms with Gasteiger partial charge in [-0.3, -0.25) is 23.9 Å².